The zero-order valence-corrected chi connectivity index (χ0v) is 24.2. The minimum atomic E-state index is -4.69. The normalized spacial score (nSPS) is 26.0. The molecule has 0 radical (unpaired) electrons. The summed E-state index contributed by atoms with van der Waals surface area (Å²) in [6.45, 7) is 6.11. The number of benzene rings is 2. The van der Waals surface area contributed by atoms with Crippen LogP contribution in [0.5, 0.6) is 0 Å². The number of hydrogen-bond donors (Lipinski definition) is 0. The number of rotatable bonds is 5. The molecule has 1 atom stereocenters. The van der Waals surface area contributed by atoms with Crippen molar-refractivity contribution in [3.8, 4) is 0 Å². The third kappa shape index (κ3) is 4.86. The maximum Gasteiger partial charge on any atom is 0.417 e. The molecule has 0 amide bonds. The summed E-state index contributed by atoms with van der Waals surface area (Å²) in [4.78, 5) is 1.79. The first kappa shape index (κ1) is 28.0. The highest BCUT2D eigenvalue weighted by molar-refractivity contribution is 7.93. The first-order chi connectivity index (χ1) is 19.4. The Bertz CT molecular complexity index is 1610. The maximum atomic E-state index is 14.2. The van der Waals surface area contributed by atoms with E-state index in [1.54, 1.807) is 18.5 Å². The summed E-state index contributed by atoms with van der Waals surface area (Å²) in [5.41, 5.74) is -0.0272. The fourth-order valence-electron chi connectivity index (χ4n) is 6.97. The number of hydrogen-bond acceptors (Lipinski definition) is 5. The van der Waals surface area contributed by atoms with E-state index in [1.807, 2.05) is 23.7 Å². The van der Waals surface area contributed by atoms with Gasteiger partial charge in [-0.05, 0) is 85.5 Å². The Morgan fingerprint density at radius 1 is 1.10 bits per heavy atom. The Hall–Kier alpha value is -3.18. The summed E-state index contributed by atoms with van der Waals surface area (Å²) in [6, 6.07) is 9.77. The quantitative estimate of drug-likeness (QED) is 0.370. The third-order valence-corrected chi connectivity index (χ3v) is 10.5. The topological polar surface area (TPSA) is 71.3 Å². The second-order valence-electron chi connectivity index (χ2n) is 12.1. The van der Waals surface area contributed by atoms with Crippen molar-refractivity contribution in [3.05, 3.63) is 77.0 Å². The first-order valence-electron chi connectivity index (χ1n) is 14.0. The van der Waals surface area contributed by atoms with Gasteiger partial charge in [-0.25, -0.2) is 12.7 Å². The van der Waals surface area contributed by atoms with E-state index in [9.17, 15) is 21.6 Å². The SMILES string of the molecule is CC1CC(c2cccc(N3C=Cc4c(C(F)(F)F)cc(CN5CCC[C@H](C)C5)cc4S3(=O)=O)c2)(c2nncn2C)C1. The van der Waals surface area contributed by atoms with Crippen LogP contribution in [0, 0.1) is 11.8 Å². The number of aryl methyl sites for hydroxylation is 1. The van der Waals surface area contributed by atoms with Gasteiger partial charge >= 0.3 is 6.18 Å². The molecule has 3 heterocycles. The van der Waals surface area contributed by atoms with Crippen LogP contribution in [0.4, 0.5) is 18.9 Å². The van der Waals surface area contributed by atoms with Gasteiger partial charge in [0.25, 0.3) is 10.0 Å². The van der Waals surface area contributed by atoms with Gasteiger partial charge in [0.15, 0.2) is 0 Å². The summed E-state index contributed by atoms with van der Waals surface area (Å²) in [6.07, 6.45) is 3.18. The maximum absolute atomic E-state index is 14.2. The summed E-state index contributed by atoms with van der Waals surface area (Å²) in [5.74, 6) is 1.71. The van der Waals surface area contributed by atoms with E-state index in [2.05, 4.69) is 28.9 Å². The molecule has 0 N–H and O–H groups in total. The van der Waals surface area contributed by atoms with Gasteiger partial charge in [-0.15, -0.1) is 10.2 Å². The van der Waals surface area contributed by atoms with Crippen LogP contribution in [0.25, 0.3) is 6.08 Å². The van der Waals surface area contributed by atoms with Crippen molar-refractivity contribution in [3.63, 3.8) is 0 Å². The minimum Gasteiger partial charge on any atom is -0.320 e. The van der Waals surface area contributed by atoms with E-state index in [-0.39, 0.29) is 17.0 Å². The first-order valence-corrected chi connectivity index (χ1v) is 15.5. The average Bonchev–Trinajstić information content (AvgIpc) is 3.32. The summed E-state index contributed by atoms with van der Waals surface area (Å²) < 4.78 is 73.7. The van der Waals surface area contributed by atoms with E-state index in [0.29, 0.717) is 23.1 Å². The molecule has 1 aliphatic carbocycles. The minimum absolute atomic E-state index is 0.272. The molecule has 11 heteroatoms. The second kappa shape index (κ2) is 9.97. The summed E-state index contributed by atoms with van der Waals surface area (Å²) in [7, 11) is -2.43. The van der Waals surface area contributed by atoms with Gasteiger partial charge in [0.05, 0.1) is 21.6 Å². The molecule has 0 unspecified atom stereocenters. The van der Waals surface area contributed by atoms with E-state index >= 15 is 0 Å². The number of likely N-dealkylation sites (tertiary alicyclic amines) is 1. The number of aromatic nitrogens is 3. The average molecular weight is 586 g/mol. The molecule has 7 nitrogen and oxygen atoms in total. The molecule has 41 heavy (non-hydrogen) atoms. The molecular weight excluding hydrogens is 551 g/mol. The standard InChI is InChI=1S/C30H34F3N5O2S/c1-20-6-5-10-37(17-20)18-22-12-26(30(31,32)33)25-9-11-38(41(39,40)27(25)13-22)24-8-4-7-23(14-24)29(15-21(2)16-29)28-35-34-19-36(28)3/h4,7-9,11-14,19-21H,5-6,10,15-18H2,1-3H3/t20-,21?,29?/m0/s1. The van der Waals surface area contributed by atoms with Crippen LogP contribution in [-0.2, 0) is 35.2 Å². The molecule has 218 valence electrons. The number of anilines is 1. The van der Waals surface area contributed by atoms with Crippen LogP contribution in [-0.4, -0.2) is 41.2 Å². The van der Waals surface area contributed by atoms with E-state index in [4.69, 9.17) is 0 Å². The molecule has 2 aliphatic heterocycles. The van der Waals surface area contributed by atoms with Crippen LogP contribution < -0.4 is 4.31 Å². The van der Waals surface area contributed by atoms with Gasteiger partial charge in [0.2, 0.25) is 0 Å². The Balaban J connectivity index is 1.40. The Labute approximate surface area is 238 Å². The number of piperidine rings is 1. The zero-order chi connectivity index (χ0) is 29.2. The molecule has 1 saturated carbocycles. The van der Waals surface area contributed by atoms with Gasteiger partial charge < -0.3 is 4.57 Å². The Kier molecular flexibility index (Phi) is 6.80. The summed E-state index contributed by atoms with van der Waals surface area (Å²) in [5, 5.41) is 8.44. The van der Waals surface area contributed by atoms with Crippen LogP contribution >= 0.6 is 0 Å². The highest BCUT2D eigenvalue weighted by atomic mass is 32.2. The lowest BCUT2D eigenvalue weighted by atomic mass is 9.58. The van der Waals surface area contributed by atoms with Crippen molar-refractivity contribution in [2.24, 2.45) is 18.9 Å². The molecule has 0 bridgehead atoms. The molecule has 2 fully saturated rings. The van der Waals surface area contributed by atoms with Crippen LogP contribution in [0.3, 0.4) is 0 Å². The molecular formula is C30H34F3N5O2S. The van der Waals surface area contributed by atoms with Gasteiger partial charge in [0.1, 0.15) is 12.2 Å². The predicted octanol–water partition coefficient (Wildman–Crippen LogP) is 5.96. The Morgan fingerprint density at radius 2 is 1.88 bits per heavy atom. The zero-order valence-electron chi connectivity index (χ0n) is 23.4. The van der Waals surface area contributed by atoms with Gasteiger partial charge in [-0.2, -0.15) is 13.2 Å². The van der Waals surface area contributed by atoms with Crippen molar-refractivity contribution in [1.82, 2.24) is 19.7 Å². The molecule has 3 aromatic rings. The van der Waals surface area contributed by atoms with Crippen LogP contribution in [0.1, 0.15) is 67.6 Å². The molecule has 3 aliphatic rings. The van der Waals surface area contributed by atoms with Gasteiger partial charge in [-0.3, -0.25) is 4.90 Å². The lowest BCUT2D eigenvalue weighted by Gasteiger charge is -2.46. The number of halogens is 3. The highest BCUT2D eigenvalue weighted by Gasteiger charge is 2.48. The molecule has 6 rings (SSSR count). The van der Waals surface area contributed by atoms with Crippen molar-refractivity contribution < 1.29 is 21.6 Å². The number of fused-ring (bicyclic) bond motifs is 1. The number of nitrogens with zero attached hydrogens (tertiary/aromatic N) is 5. The van der Waals surface area contributed by atoms with Crippen molar-refractivity contribution in [1.29, 1.82) is 0 Å². The highest BCUT2D eigenvalue weighted by Crippen LogP contribution is 2.52. The molecule has 2 aromatic carbocycles. The number of sulfonamides is 1. The second-order valence-corrected chi connectivity index (χ2v) is 13.8. The van der Waals surface area contributed by atoms with Gasteiger partial charge in [-0.1, -0.05) is 26.0 Å². The van der Waals surface area contributed by atoms with Gasteiger partial charge in [0, 0.05) is 31.9 Å². The van der Waals surface area contributed by atoms with Crippen molar-refractivity contribution in [2.75, 3.05) is 17.4 Å². The van der Waals surface area contributed by atoms with Crippen molar-refractivity contribution >= 4 is 21.8 Å². The fourth-order valence-corrected chi connectivity index (χ4v) is 8.55. The largest absolute Gasteiger partial charge is 0.417 e. The smallest absolute Gasteiger partial charge is 0.320 e. The molecule has 1 aromatic heterocycles. The lowest BCUT2D eigenvalue weighted by Crippen LogP contribution is -2.43. The van der Waals surface area contributed by atoms with E-state index in [1.165, 1.54) is 18.3 Å². The molecule has 0 spiro atoms. The van der Waals surface area contributed by atoms with Crippen LogP contribution in [0.2, 0.25) is 0 Å². The summed E-state index contributed by atoms with van der Waals surface area (Å²) >= 11 is 0. The predicted molar refractivity (Wildman–Crippen MR) is 150 cm³/mol. The third-order valence-electron chi connectivity index (χ3n) is 8.75. The monoisotopic (exact) mass is 585 g/mol. The molecule has 1 saturated heterocycles. The van der Waals surface area contributed by atoms with Crippen molar-refractivity contribution in [2.45, 2.75) is 62.6 Å². The van der Waals surface area contributed by atoms with Crippen LogP contribution in [0.15, 0.2) is 53.8 Å². The number of alkyl halides is 3. The fraction of sp³-hybridized carbons (Fsp3) is 0.467. The Morgan fingerprint density at radius 3 is 2.54 bits per heavy atom. The lowest BCUT2D eigenvalue weighted by molar-refractivity contribution is -0.138. The van der Waals surface area contributed by atoms with E-state index in [0.717, 1.165) is 60.5 Å². The van der Waals surface area contributed by atoms with E-state index < -0.39 is 27.2 Å².